The lowest BCUT2D eigenvalue weighted by molar-refractivity contribution is -0.158. The minimum absolute atomic E-state index is 0.0150. The minimum atomic E-state index is -4.61. The summed E-state index contributed by atoms with van der Waals surface area (Å²) in [4.78, 5) is 10.5. The van der Waals surface area contributed by atoms with Crippen LogP contribution < -0.4 is 0 Å². The molecule has 1 atom stereocenters. The van der Waals surface area contributed by atoms with E-state index in [9.17, 15) is 22.5 Å². The van der Waals surface area contributed by atoms with E-state index < -0.39 is 26.5 Å². The number of rotatable bonds is 4. The lowest BCUT2D eigenvalue weighted by Crippen LogP contribution is -2.18. The molecule has 0 saturated heterocycles. The van der Waals surface area contributed by atoms with Gasteiger partial charge in [0.2, 0.25) is 0 Å². The van der Waals surface area contributed by atoms with Gasteiger partial charge in [0.05, 0.1) is 6.61 Å². The van der Waals surface area contributed by atoms with Crippen LogP contribution in [0.25, 0.3) is 0 Å². The van der Waals surface area contributed by atoms with Crippen LogP contribution in [0.4, 0.5) is 18.0 Å². The molecule has 0 amide bonds. The summed E-state index contributed by atoms with van der Waals surface area (Å²) in [5.74, 6) is 0. The third-order valence-electron chi connectivity index (χ3n) is 0.809. The van der Waals surface area contributed by atoms with Crippen LogP contribution in [0.3, 0.4) is 0 Å². The van der Waals surface area contributed by atoms with Crippen molar-refractivity contribution >= 4 is 13.7 Å². The van der Waals surface area contributed by atoms with Crippen LogP contribution in [0.1, 0.15) is 6.92 Å². The van der Waals surface area contributed by atoms with Crippen molar-refractivity contribution in [2.75, 3.05) is 13.2 Å². The Hall–Kier alpha value is -0.550. The van der Waals surface area contributed by atoms with Gasteiger partial charge in [-0.25, -0.2) is 4.79 Å². The van der Waals surface area contributed by atoms with Gasteiger partial charge in [0.25, 0.3) is 8.03 Å². The Morgan fingerprint density at radius 3 is 2.38 bits per heavy atom. The molecule has 0 radical (unpaired) electrons. The largest absolute Gasteiger partial charge is 0.449 e. The molecule has 0 spiro atoms. The molecule has 0 N–H and O–H groups in total. The van der Waals surface area contributed by atoms with Crippen molar-refractivity contribution in [3.05, 3.63) is 0 Å². The van der Waals surface area contributed by atoms with Crippen LogP contribution in [-0.2, 0) is 13.8 Å². The van der Waals surface area contributed by atoms with Gasteiger partial charge in [0.1, 0.15) is 0 Å². The normalized spacial score (nSPS) is 13.8. The fourth-order valence-electron chi connectivity index (χ4n) is 0.396. The molecule has 0 bridgehead atoms. The van der Waals surface area contributed by atoms with Crippen LogP contribution in [0.5, 0.6) is 0 Å². The summed E-state index contributed by atoms with van der Waals surface area (Å²) in [6.45, 7) is -0.298. The zero-order valence-electron chi connectivity index (χ0n) is 6.68. The SMILES string of the molecule is CCO[PH](=O)C(=O)OCC(F)(F)F. The Kier molecular flexibility index (Phi) is 5.02. The third-order valence-corrected chi connectivity index (χ3v) is 1.84. The second-order valence-electron chi connectivity index (χ2n) is 1.91. The molecule has 1 unspecified atom stereocenters. The van der Waals surface area contributed by atoms with Crippen molar-refractivity contribution in [3.8, 4) is 0 Å². The number of halogens is 3. The van der Waals surface area contributed by atoms with Gasteiger partial charge < -0.3 is 9.26 Å². The van der Waals surface area contributed by atoms with Crippen molar-refractivity contribution in [2.45, 2.75) is 13.1 Å². The highest BCUT2D eigenvalue weighted by molar-refractivity contribution is 7.58. The van der Waals surface area contributed by atoms with Crippen molar-refractivity contribution in [2.24, 2.45) is 0 Å². The second-order valence-corrected chi connectivity index (χ2v) is 3.18. The molecule has 0 rings (SSSR count). The molecule has 78 valence electrons. The van der Waals surface area contributed by atoms with Crippen LogP contribution in [0.2, 0.25) is 0 Å². The first-order valence-electron chi connectivity index (χ1n) is 3.27. The summed E-state index contributed by atoms with van der Waals surface area (Å²) in [6, 6.07) is 0. The summed E-state index contributed by atoms with van der Waals surface area (Å²) >= 11 is 0. The Labute approximate surface area is 72.9 Å². The van der Waals surface area contributed by atoms with Gasteiger partial charge in [-0.3, -0.25) is 4.57 Å². The van der Waals surface area contributed by atoms with Gasteiger partial charge in [0, 0.05) is 0 Å². The van der Waals surface area contributed by atoms with Crippen molar-refractivity contribution in [1.82, 2.24) is 0 Å². The molecule has 0 aliphatic carbocycles. The number of alkyl halides is 3. The van der Waals surface area contributed by atoms with E-state index in [2.05, 4.69) is 9.26 Å². The monoisotopic (exact) mass is 220 g/mol. The lowest BCUT2D eigenvalue weighted by Gasteiger charge is -2.06. The molecule has 0 aromatic carbocycles. The molecule has 4 nitrogen and oxygen atoms in total. The molecule has 0 aliphatic heterocycles. The van der Waals surface area contributed by atoms with Gasteiger partial charge in [-0.15, -0.1) is 0 Å². The maximum Gasteiger partial charge on any atom is 0.422 e. The first-order valence-corrected chi connectivity index (χ1v) is 4.59. The Morgan fingerprint density at radius 1 is 1.46 bits per heavy atom. The number of carbonyl (C=O) groups is 1. The molecule has 8 heteroatoms. The summed E-state index contributed by atoms with van der Waals surface area (Å²) in [6.07, 6.45) is -4.61. The molecule has 0 heterocycles. The van der Waals surface area contributed by atoms with E-state index in [1.165, 1.54) is 6.92 Å². The third kappa shape index (κ3) is 6.60. The highest BCUT2D eigenvalue weighted by Crippen LogP contribution is 2.26. The van der Waals surface area contributed by atoms with Crippen molar-refractivity contribution in [3.63, 3.8) is 0 Å². The van der Waals surface area contributed by atoms with Gasteiger partial charge >= 0.3 is 11.9 Å². The first-order chi connectivity index (χ1) is 5.87. The Morgan fingerprint density at radius 2 is 2.00 bits per heavy atom. The van der Waals surface area contributed by atoms with Gasteiger partial charge in [-0.1, -0.05) is 0 Å². The number of carbonyl (C=O) groups excluding carboxylic acids is 1. The first kappa shape index (κ1) is 12.4. The fraction of sp³-hybridized carbons (Fsp3) is 0.800. The minimum Gasteiger partial charge on any atom is -0.449 e. The standard InChI is InChI=1S/C5H8F3O4P/c1-2-12-13(10)4(9)11-3-5(6,7)8/h13H,2-3H2,1H3. The zero-order valence-corrected chi connectivity index (χ0v) is 7.68. The van der Waals surface area contributed by atoms with Gasteiger partial charge in [-0.05, 0) is 6.92 Å². The molecule has 13 heavy (non-hydrogen) atoms. The number of ether oxygens (including phenoxy) is 1. The highest BCUT2D eigenvalue weighted by atomic mass is 31.1. The summed E-state index contributed by atoms with van der Waals surface area (Å²) in [5.41, 5.74) is -1.45. The van der Waals surface area contributed by atoms with Crippen molar-refractivity contribution in [1.29, 1.82) is 0 Å². The predicted octanol–water partition coefficient (Wildman–Crippen LogP) is 2.20. The molecule has 0 aliphatic rings. The van der Waals surface area contributed by atoms with E-state index >= 15 is 0 Å². The molecule has 0 saturated carbocycles. The predicted molar refractivity (Wildman–Crippen MR) is 38.0 cm³/mol. The van der Waals surface area contributed by atoms with Gasteiger partial charge in [0.15, 0.2) is 6.61 Å². The van der Waals surface area contributed by atoms with Crippen LogP contribution >= 0.6 is 8.03 Å². The van der Waals surface area contributed by atoms with Crippen molar-refractivity contribution < 1.29 is 31.8 Å². The zero-order chi connectivity index (χ0) is 10.5. The topological polar surface area (TPSA) is 52.6 Å². The molecule has 0 aromatic rings. The van der Waals surface area contributed by atoms with E-state index in [-0.39, 0.29) is 6.61 Å². The maximum absolute atomic E-state index is 11.5. The van der Waals surface area contributed by atoms with Gasteiger partial charge in [-0.2, -0.15) is 13.2 Å². The fourth-order valence-corrected chi connectivity index (χ4v) is 0.966. The lowest BCUT2D eigenvalue weighted by atomic mass is 10.7. The van der Waals surface area contributed by atoms with Crippen LogP contribution in [-0.4, -0.2) is 25.1 Å². The molecule has 0 fully saturated rings. The van der Waals surface area contributed by atoms with E-state index in [1.54, 1.807) is 0 Å². The Balaban J connectivity index is 3.82. The average Bonchev–Trinajstić information content (AvgIpc) is 1.99. The molecular weight excluding hydrogens is 212 g/mol. The summed E-state index contributed by atoms with van der Waals surface area (Å²) in [5, 5.41) is 0. The Bertz CT molecular complexity index is 202. The highest BCUT2D eigenvalue weighted by Gasteiger charge is 2.30. The quantitative estimate of drug-likeness (QED) is 0.681. The maximum atomic E-state index is 11.5. The molecule has 0 aromatic heterocycles. The second kappa shape index (κ2) is 5.24. The summed E-state index contributed by atoms with van der Waals surface area (Å²) < 4.78 is 52.9. The van der Waals surface area contributed by atoms with Crippen LogP contribution in [0.15, 0.2) is 0 Å². The average molecular weight is 220 g/mol. The summed E-state index contributed by atoms with van der Waals surface area (Å²) in [7, 11) is -3.15. The van der Waals surface area contributed by atoms with E-state index in [0.29, 0.717) is 0 Å². The van der Waals surface area contributed by atoms with E-state index in [1.807, 2.05) is 0 Å². The number of hydrogen-bond donors (Lipinski definition) is 0. The van der Waals surface area contributed by atoms with Crippen LogP contribution in [0, 0.1) is 0 Å². The number of hydrogen-bond acceptors (Lipinski definition) is 4. The smallest absolute Gasteiger partial charge is 0.422 e. The van der Waals surface area contributed by atoms with E-state index in [4.69, 9.17) is 0 Å². The van der Waals surface area contributed by atoms with E-state index in [0.717, 1.165) is 0 Å². The molecular formula is C5H8F3O4P.